The summed E-state index contributed by atoms with van der Waals surface area (Å²) in [6.45, 7) is 11.2. The molecule has 9 nitrogen and oxygen atoms in total. The Morgan fingerprint density at radius 1 is 0.769 bits per heavy atom. The van der Waals surface area contributed by atoms with Crippen LogP contribution in [0.3, 0.4) is 0 Å². The third-order valence-corrected chi connectivity index (χ3v) is 3.59. The molecule has 9 N–H and O–H groups in total. The average molecular weight is 379 g/mol. The van der Waals surface area contributed by atoms with Crippen LogP contribution < -0.4 is 17.2 Å². The molecule has 0 radical (unpaired) electrons. The van der Waals surface area contributed by atoms with Crippen LogP contribution in [0.1, 0.15) is 54.4 Å². The number of nitrogens with two attached hydrogens (primary N) is 3. The summed E-state index contributed by atoms with van der Waals surface area (Å²) in [5.74, 6) is -2.31. The number of carboxylic acid groups (broad SMARTS) is 3. The Labute approximate surface area is 155 Å². The SMILES string of the molecule is CC(C)C[C@H](N)C(=O)O.CC(C)[C@H](N)C(=O)O.CC[C@@H](C)[C@H](N)C(=O)O. The lowest BCUT2D eigenvalue weighted by molar-refractivity contribution is -0.140. The molecule has 0 bridgehead atoms. The van der Waals surface area contributed by atoms with Crippen molar-refractivity contribution in [2.24, 2.45) is 35.0 Å². The highest BCUT2D eigenvalue weighted by molar-refractivity contribution is 5.73. The molecule has 0 saturated heterocycles. The van der Waals surface area contributed by atoms with Crippen LogP contribution in [-0.2, 0) is 14.4 Å². The van der Waals surface area contributed by atoms with Gasteiger partial charge >= 0.3 is 17.9 Å². The summed E-state index contributed by atoms with van der Waals surface area (Å²) in [6.07, 6.45) is 1.36. The van der Waals surface area contributed by atoms with Gasteiger partial charge in [-0.15, -0.1) is 0 Å². The fourth-order valence-electron chi connectivity index (χ4n) is 1.39. The third kappa shape index (κ3) is 17.1. The van der Waals surface area contributed by atoms with E-state index in [2.05, 4.69) is 0 Å². The van der Waals surface area contributed by atoms with Crippen LogP contribution in [0, 0.1) is 17.8 Å². The molecule has 156 valence electrons. The van der Waals surface area contributed by atoms with Crippen molar-refractivity contribution in [2.75, 3.05) is 0 Å². The summed E-state index contributed by atoms with van der Waals surface area (Å²) in [5.41, 5.74) is 15.6. The lowest BCUT2D eigenvalue weighted by Gasteiger charge is -2.11. The first kappa shape index (κ1) is 29.1. The molecule has 0 aromatic carbocycles. The molecule has 0 aliphatic heterocycles. The molecule has 0 fully saturated rings. The van der Waals surface area contributed by atoms with Crippen molar-refractivity contribution >= 4 is 17.9 Å². The second-order valence-electron chi connectivity index (χ2n) is 6.93. The first-order valence-electron chi connectivity index (χ1n) is 8.63. The largest absolute Gasteiger partial charge is 0.480 e. The van der Waals surface area contributed by atoms with Gasteiger partial charge in [0.2, 0.25) is 0 Å². The Balaban J connectivity index is -0.000000306. The smallest absolute Gasteiger partial charge is 0.320 e. The van der Waals surface area contributed by atoms with Crippen molar-refractivity contribution in [3.8, 4) is 0 Å². The summed E-state index contributed by atoms with van der Waals surface area (Å²) in [4.78, 5) is 30.3. The molecule has 0 aromatic heterocycles. The molecule has 0 aliphatic rings. The molecular weight excluding hydrogens is 342 g/mol. The molecular formula is C17H37N3O6. The highest BCUT2D eigenvalue weighted by Crippen LogP contribution is 2.04. The van der Waals surface area contributed by atoms with Gasteiger partial charge in [-0.05, 0) is 24.2 Å². The Morgan fingerprint density at radius 3 is 1.23 bits per heavy atom. The van der Waals surface area contributed by atoms with E-state index in [0.29, 0.717) is 12.3 Å². The summed E-state index contributed by atoms with van der Waals surface area (Å²) in [6, 6.07) is -2.10. The normalized spacial score (nSPS) is 14.9. The van der Waals surface area contributed by atoms with E-state index in [9.17, 15) is 14.4 Å². The minimum absolute atomic E-state index is 0.0208. The lowest BCUT2D eigenvalue weighted by atomic mass is 10.0. The predicted molar refractivity (Wildman–Crippen MR) is 101 cm³/mol. The van der Waals surface area contributed by atoms with Gasteiger partial charge in [0.25, 0.3) is 0 Å². The second kappa shape index (κ2) is 15.5. The Morgan fingerprint density at radius 2 is 1.15 bits per heavy atom. The maximum absolute atomic E-state index is 10.2. The van der Waals surface area contributed by atoms with Crippen LogP contribution in [0.15, 0.2) is 0 Å². The second-order valence-corrected chi connectivity index (χ2v) is 6.93. The highest BCUT2D eigenvalue weighted by Gasteiger charge is 2.17. The minimum Gasteiger partial charge on any atom is -0.480 e. The van der Waals surface area contributed by atoms with Gasteiger partial charge in [0.1, 0.15) is 18.1 Å². The number of aliphatic carboxylic acids is 3. The van der Waals surface area contributed by atoms with Gasteiger partial charge in [-0.25, -0.2) is 0 Å². The summed E-state index contributed by atoms with van der Waals surface area (Å²) in [7, 11) is 0. The van der Waals surface area contributed by atoms with E-state index < -0.39 is 36.0 Å². The van der Waals surface area contributed by atoms with Gasteiger partial charge in [0, 0.05) is 0 Å². The van der Waals surface area contributed by atoms with Crippen molar-refractivity contribution in [1.29, 1.82) is 0 Å². The van der Waals surface area contributed by atoms with Crippen molar-refractivity contribution in [1.82, 2.24) is 0 Å². The fraction of sp³-hybridized carbons (Fsp3) is 0.824. The molecule has 0 heterocycles. The number of hydrogen-bond acceptors (Lipinski definition) is 6. The van der Waals surface area contributed by atoms with E-state index in [1.807, 2.05) is 27.7 Å². The van der Waals surface area contributed by atoms with Gasteiger partial charge in [-0.2, -0.15) is 0 Å². The first-order chi connectivity index (χ1) is 11.7. The molecule has 0 unspecified atom stereocenters. The number of rotatable bonds is 8. The van der Waals surface area contributed by atoms with Gasteiger partial charge in [-0.1, -0.05) is 48.0 Å². The fourth-order valence-corrected chi connectivity index (χ4v) is 1.39. The minimum atomic E-state index is -0.931. The van der Waals surface area contributed by atoms with Crippen LogP contribution >= 0.6 is 0 Å². The number of hydrogen-bond donors (Lipinski definition) is 6. The monoisotopic (exact) mass is 379 g/mol. The third-order valence-electron chi connectivity index (χ3n) is 3.59. The zero-order valence-corrected chi connectivity index (χ0v) is 16.7. The molecule has 0 aliphatic carbocycles. The van der Waals surface area contributed by atoms with E-state index in [4.69, 9.17) is 32.5 Å². The zero-order valence-electron chi connectivity index (χ0n) is 16.7. The summed E-state index contributed by atoms with van der Waals surface area (Å²) >= 11 is 0. The molecule has 26 heavy (non-hydrogen) atoms. The van der Waals surface area contributed by atoms with Crippen LogP contribution in [-0.4, -0.2) is 51.4 Å². The first-order valence-corrected chi connectivity index (χ1v) is 8.63. The van der Waals surface area contributed by atoms with Crippen molar-refractivity contribution in [2.45, 2.75) is 72.5 Å². The van der Waals surface area contributed by atoms with Crippen molar-refractivity contribution in [3.63, 3.8) is 0 Å². The highest BCUT2D eigenvalue weighted by atomic mass is 16.4. The topological polar surface area (TPSA) is 190 Å². The summed E-state index contributed by atoms with van der Waals surface area (Å²) in [5, 5.41) is 24.9. The molecule has 4 atom stereocenters. The Bertz CT molecular complexity index is 415. The summed E-state index contributed by atoms with van der Waals surface area (Å²) < 4.78 is 0. The molecule has 0 rings (SSSR count). The Hall–Kier alpha value is -1.71. The quantitative estimate of drug-likeness (QED) is 0.356. The predicted octanol–water partition coefficient (Wildman–Crippen LogP) is 0.943. The maximum atomic E-state index is 10.2. The van der Waals surface area contributed by atoms with Crippen LogP contribution in [0.5, 0.6) is 0 Å². The standard InChI is InChI=1S/2C6H13NO2.C5H11NO2/c1-4(2)3-5(7)6(8)9;1-3-4(2)5(7)6(8)9;1-3(2)4(6)5(7)8/h2*4-5H,3,7H2,1-2H3,(H,8,9);3-4H,6H2,1-2H3,(H,7,8)/t5-;4-,5+;4-/m010/s1. The van der Waals surface area contributed by atoms with E-state index in [0.717, 1.165) is 6.42 Å². The average Bonchev–Trinajstić information content (AvgIpc) is 2.52. The van der Waals surface area contributed by atoms with E-state index >= 15 is 0 Å². The van der Waals surface area contributed by atoms with Gasteiger partial charge in [-0.3, -0.25) is 14.4 Å². The zero-order chi connectivity index (χ0) is 21.6. The molecule has 0 aromatic rings. The van der Waals surface area contributed by atoms with Gasteiger partial charge < -0.3 is 32.5 Å². The van der Waals surface area contributed by atoms with Crippen molar-refractivity contribution in [3.05, 3.63) is 0 Å². The molecule has 0 amide bonds. The Kier molecular flexibility index (Phi) is 17.4. The maximum Gasteiger partial charge on any atom is 0.320 e. The molecule has 9 heteroatoms. The van der Waals surface area contributed by atoms with Crippen LogP contribution in [0.25, 0.3) is 0 Å². The van der Waals surface area contributed by atoms with Crippen molar-refractivity contribution < 1.29 is 29.7 Å². The van der Waals surface area contributed by atoms with Crippen LogP contribution in [0.4, 0.5) is 0 Å². The molecule has 0 spiro atoms. The van der Waals surface area contributed by atoms with E-state index in [-0.39, 0.29) is 11.8 Å². The van der Waals surface area contributed by atoms with E-state index in [1.54, 1.807) is 13.8 Å². The lowest BCUT2D eigenvalue weighted by Crippen LogP contribution is -2.36. The van der Waals surface area contributed by atoms with Gasteiger partial charge in [0.05, 0.1) is 0 Å². The molecule has 0 saturated carbocycles. The van der Waals surface area contributed by atoms with Crippen LogP contribution in [0.2, 0.25) is 0 Å². The van der Waals surface area contributed by atoms with E-state index in [1.165, 1.54) is 0 Å². The number of carbonyl (C=O) groups is 3. The number of carboxylic acids is 3. The van der Waals surface area contributed by atoms with Gasteiger partial charge in [0.15, 0.2) is 0 Å².